The van der Waals surface area contributed by atoms with Crippen molar-refractivity contribution >= 4 is 45.0 Å². The minimum atomic E-state index is -0.694. The standard InChI is InChI=1S/C30H29ClF2N6O2/c1-37-13-11-18(37)8-10-23(40)39-14-12-19(16-39)38(2)29-21-15-34-27(26(33)28(21)35-30(36-29)41-3)20-6-4-5-17-7-9-22(32)25(31)24(17)20/h4-10,15,18-19H,11-14,16H2,1-3H3/b10-8+. The van der Waals surface area contributed by atoms with Gasteiger partial charge < -0.3 is 14.5 Å². The molecule has 2 aromatic heterocycles. The first-order valence-corrected chi connectivity index (χ1v) is 13.8. The molecule has 6 rings (SSSR count). The lowest BCUT2D eigenvalue weighted by atomic mass is 10.0. The van der Waals surface area contributed by atoms with Crippen LogP contribution in [0.3, 0.4) is 0 Å². The van der Waals surface area contributed by atoms with Crippen LogP contribution in [-0.2, 0) is 4.79 Å². The molecule has 1 amide bonds. The Balaban J connectivity index is 1.34. The highest BCUT2D eigenvalue weighted by molar-refractivity contribution is 6.36. The highest BCUT2D eigenvalue weighted by atomic mass is 35.5. The Labute approximate surface area is 241 Å². The van der Waals surface area contributed by atoms with Crippen LogP contribution in [0.2, 0.25) is 5.02 Å². The number of likely N-dealkylation sites (tertiary alicyclic amines) is 2. The number of carbonyl (C=O) groups is 1. The predicted octanol–water partition coefficient (Wildman–Crippen LogP) is 5.08. The van der Waals surface area contributed by atoms with Gasteiger partial charge in [-0.15, -0.1) is 0 Å². The van der Waals surface area contributed by atoms with Crippen molar-refractivity contribution in [3.05, 3.63) is 65.3 Å². The number of aromatic nitrogens is 3. The maximum Gasteiger partial charge on any atom is 0.318 e. The van der Waals surface area contributed by atoms with Crippen molar-refractivity contribution in [2.24, 2.45) is 0 Å². The fraction of sp³-hybridized carbons (Fsp3) is 0.333. The van der Waals surface area contributed by atoms with Gasteiger partial charge in [0.1, 0.15) is 22.8 Å². The van der Waals surface area contributed by atoms with E-state index in [1.54, 1.807) is 30.3 Å². The minimum Gasteiger partial charge on any atom is -0.467 e. The summed E-state index contributed by atoms with van der Waals surface area (Å²) in [6, 6.07) is 8.30. The average Bonchev–Trinajstić information content (AvgIpc) is 3.48. The van der Waals surface area contributed by atoms with E-state index in [1.165, 1.54) is 19.4 Å². The Bertz CT molecular complexity index is 1700. The lowest BCUT2D eigenvalue weighted by Gasteiger charge is -2.35. The molecule has 8 nitrogen and oxygen atoms in total. The highest BCUT2D eigenvalue weighted by Gasteiger charge is 2.31. The van der Waals surface area contributed by atoms with Gasteiger partial charge in [0.05, 0.1) is 17.5 Å². The quantitative estimate of drug-likeness (QED) is 0.295. The second-order valence-electron chi connectivity index (χ2n) is 10.5. The van der Waals surface area contributed by atoms with E-state index in [-0.39, 0.29) is 34.2 Å². The Morgan fingerprint density at radius 1 is 1.17 bits per heavy atom. The number of amides is 1. The van der Waals surface area contributed by atoms with Crippen molar-refractivity contribution < 1.29 is 18.3 Å². The summed E-state index contributed by atoms with van der Waals surface area (Å²) in [5, 5.41) is 1.32. The van der Waals surface area contributed by atoms with Crippen molar-refractivity contribution in [2.45, 2.75) is 24.9 Å². The molecule has 0 spiro atoms. The van der Waals surface area contributed by atoms with Gasteiger partial charge in [0, 0.05) is 62.0 Å². The molecule has 2 saturated heterocycles. The van der Waals surface area contributed by atoms with Crippen LogP contribution in [0.15, 0.2) is 48.7 Å². The topological polar surface area (TPSA) is 74.7 Å². The van der Waals surface area contributed by atoms with Crippen LogP contribution in [-0.4, -0.2) is 83.6 Å². The first kappa shape index (κ1) is 27.3. The summed E-state index contributed by atoms with van der Waals surface area (Å²) in [6.07, 6.45) is 6.93. The smallest absolute Gasteiger partial charge is 0.318 e. The number of likely N-dealkylation sites (N-methyl/N-ethyl adjacent to an activating group) is 2. The van der Waals surface area contributed by atoms with Crippen LogP contribution >= 0.6 is 11.6 Å². The Kier molecular flexibility index (Phi) is 7.21. The maximum atomic E-state index is 16.2. The molecule has 212 valence electrons. The Morgan fingerprint density at radius 2 is 2.00 bits per heavy atom. The number of carbonyl (C=O) groups excluding carboxylic acids is 1. The second kappa shape index (κ2) is 10.8. The SMILES string of the molecule is COc1nc(N(C)C2CCN(C(=O)/C=C/C3CCN3C)C2)c2cnc(-c3cccc4ccc(F)c(Cl)c34)c(F)c2n1. The number of anilines is 1. The van der Waals surface area contributed by atoms with Crippen LogP contribution in [0, 0.1) is 11.6 Å². The number of rotatable bonds is 6. The van der Waals surface area contributed by atoms with Crippen molar-refractivity contribution in [3.8, 4) is 17.3 Å². The summed E-state index contributed by atoms with van der Waals surface area (Å²) < 4.78 is 35.9. The summed E-state index contributed by atoms with van der Waals surface area (Å²) in [4.78, 5) is 32.1. The zero-order valence-corrected chi connectivity index (χ0v) is 23.7. The van der Waals surface area contributed by atoms with Crippen LogP contribution in [0.25, 0.3) is 32.9 Å². The number of benzene rings is 2. The first-order valence-electron chi connectivity index (χ1n) is 13.4. The molecule has 2 unspecified atom stereocenters. The minimum absolute atomic E-state index is 0.00382. The molecule has 2 fully saturated rings. The molecule has 4 aromatic rings. The zero-order valence-electron chi connectivity index (χ0n) is 22.9. The third kappa shape index (κ3) is 4.85. The molecular formula is C30H29ClF2N6O2. The molecule has 2 atom stereocenters. The molecule has 11 heteroatoms. The summed E-state index contributed by atoms with van der Waals surface area (Å²) >= 11 is 6.31. The highest BCUT2D eigenvalue weighted by Crippen LogP contribution is 2.38. The molecule has 4 heterocycles. The Morgan fingerprint density at radius 3 is 2.73 bits per heavy atom. The van der Waals surface area contributed by atoms with Gasteiger partial charge in [0.25, 0.3) is 0 Å². The van der Waals surface area contributed by atoms with Crippen molar-refractivity contribution in [2.75, 3.05) is 45.7 Å². The Hall–Kier alpha value is -3.89. The summed E-state index contributed by atoms with van der Waals surface area (Å²) in [6.45, 7) is 2.15. The van der Waals surface area contributed by atoms with Gasteiger partial charge in [0.2, 0.25) is 5.91 Å². The van der Waals surface area contributed by atoms with Crippen molar-refractivity contribution in [1.82, 2.24) is 24.8 Å². The number of hydrogen-bond acceptors (Lipinski definition) is 7. The van der Waals surface area contributed by atoms with Crippen molar-refractivity contribution in [1.29, 1.82) is 0 Å². The monoisotopic (exact) mass is 578 g/mol. The molecule has 0 aliphatic carbocycles. The fourth-order valence-corrected chi connectivity index (χ4v) is 5.86. The van der Waals surface area contributed by atoms with Crippen molar-refractivity contribution in [3.63, 3.8) is 0 Å². The summed E-state index contributed by atoms with van der Waals surface area (Å²) in [5.74, 6) is -0.873. The fourth-order valence-electron chi connectivity index (χ4n) is 5.59. The number of halogens is 3. The van der Waals surface area contributed by atoms with Crippen LogP contribution in [0.4, 0.5) is 14.6 Å². The number of hydrogen-bond donors (Lipinski definition) is 0. The number of nitrogens with zero attached hydrogens (tertiary/aromatic N) is 6. The van der Waals surface area contributed by atoms with Gasteiger partial charge >= 0.3 is 6.01 Å². The molecule has 2 aromatic carbocycles. The van der Waals surface area contributed by atoms with E-state index in [4.69, 9.17) is 16.3 Å². The zero-order chi connectivity index (χ0) is 28.8. The number of methoxy groups -OCH3 is 1. The number of fused-ring (bicyclic) bond motifs is 2. The molecule has 2 aliphatic heterocycles. The lowest BCUT2D eigenvalue weighted by Crippen LogP contribution is -2.43. The number of pyridine rings is 1. The predicted molar refractivity (Wildman–Crippen MR) is 155 cm³/mol. The van der Waals surface area contributed by atoms with E-state index < -0.39 is 11.6 Å². The molecule has 0 saturated carbocycles. The van der Waals surface area contributed by atoms with Crippen LogP contribution in [0.1, 0.15) is 12.8 Å². The van der Waals surface area contributed by atoms with Gasteiger partial charge in [-0.2, -0.15) is 9.97 Å². The first-order chi connectivity index (χ1) is 19.8. The normalized spacial score (nSPS) is 19.3. The summed E-state index contributed by atoms with van der Waals surface area (Å²) in [7, 11) is 5.32. The lowest BCUT2D eigenvalue weighted by molar-refractivity contribution is -0.125. The molecular weight excluding hydrogens is 550 g/mol. The molecule has 0 N–H and O–H groups in total. The van der Waals surface area contributed by atoms with Gasteiger partial charge in [-0.25, -0.2) is 8.78 Å². The largest absolute Gasteiger partial charge is 0.467 e. The van der Waals surface area contributed by atoms with Crippen LogP contribution < -0.4 is 9.64 Å². The van der Waals surface area contributed by atoms with E-state index in [1.807, 2.05) is 30.0 Å². The van der Waals surface area contributed by atoms with E-state index in [2.05, 4.69) is 19.9 Å². The number of ether oxygens (including phenoxy) is 1. The second-order valence-corrected chi connectivity index (χ2v) is 10.9. The van der Waals surface area contributed by atoms with Gasteiger partial charge in [-0.1, -0.05) is 41.9 Å². The molecule has 0 bridgehead atoms. The van der Waals surface area contributed by atoms with E-state index in [0.29, 0.717) is 46.7 Å². The molecule has 0 radical (unpaired) electrons. The third-order valence-corrected chi connectivity index (χ3v) is 8.55. The third-order valence-electron chi connectivity index (χ3n) is 8.18. The van der Waals surface area contributed by atoms with E-state index in [9.17, 15) is 9.18 Å². The summed E-state index contributed by atoms with van der Waals surface area (Å²) in [5.41, 5.74) is 0.364. The molecule has 41 heavy (non-hydrogen) atoms. The van der Waals surface area contributed by atoms with Crippen LogP contribution in [0.5, 0.6) is 6.01 Å². The van der Waals surface area contributed by atoms with Gasteiger partial charge in [0.15, 0.2) is 5.82 Å². The maximum absolute atomic E-state index is 16.2. The van der Waals surface area contributed by atoms with Gasteiger partial charge in [-0.3, -0.25) is 14.7 Å². The van der Waals surface area contributed by atoms with E-state index in [0.717, 1.165) is 19.4 Å². The van der Waals surface area contributed by atoms with E-state index >= 15 is 4.39 Å². The average molecular weight is 579 g/mol. The molecule has 2 aliphatic rings. The van der Waals surface area contributed by atoms with Gasteiger partial charge in [-0.05, 0) is 31.3 Å².